The minimum Gasteiger partial charge on any atom is -0.423 e. The van der Waals surface area contributed by atoms with Crippen LogP contribution in [0.2, 0.25) is 0 Å². The van der Waals surface area contributed by atoms with Crippen LogP contribution in [0, 0.1) is 13.8 Å². The van der Waals surface area contributed by atoms with Crippen LogP contribution in [0.1, 0.15) is 45.2 Å². The van der Waals surface area contributed by atoms with Crippen molar-refractivity contribution in [2.45, 2.75) is 48.0 Å². The number of rotatable bonds is 7. The standard InChI is InChI=1S/C15H12O4.C14H12O4S.C10H10O3/c1-9-3-5-11(6-4-9)19-15(18)12-8-13(16)10(2)7-14(12)17;1-9-3-5-12(6-4-9)18-19(17)13-8-11(15)7-10(2)14(13)16;1-3-8(11)7-5-9(12)6(2)4-10(7)13/h2*3-8H,1-2H3;4-5H,3H2,1-2H3. The molecule has 11 nitrogen and oxygen atoms in total. The van der Waals surface area contributed by atoms with E-state index in [-0.39, 0.29) is 57.0 Å². The average molecular weight is 711 g/mol. The van der Waals surface area contributed by atoms with Crippen molar-refractivity contribution >= 4 is 57.5 Å². The minimum absolute atomic E-state index is 0.0121. The van der Waals surface area contributed by atoms with Gasteiger partial charge in [-0.3, -0.25) is 33.6 Å². The summed E-state index contributed by atoms with van der Waals surface area (Å²) in [4.78, 5) is 91.4. The van der Waals surface area contributed by atoms with Crippen LogP contribution in [0.25, 0.3) is 0 Å². The van der Waals surface area contributed by atoms with Gasteiger partial charge in [0.2, 0.25) is 16.9 Å². The topological polar surface area (TPSA) is 172 Å². The van der Waals surface area contributed by atoms with E-state index in [9.17, 15) is 42.6 Å². The Balaban J connectivity index is 0.000000211. The van der Waals surface area contributed by atoms with Gasteiger partial charge in [-0.2, -0.15) is 0 Å². The van der Waals surface area contributed by atoms with Crippen molar-refractivity contribution in [1.82, 2.24) is 0 Å². The lowest BCUT2D eigenvalue weighted by molar-refractivity contribution is -0.132. The maximum Gasteiger partial charge on any atom is 0.347 e. The Morgan fingerprint density at radius 2 is 1.04 bits per heavy atom. The Hall–Kier alpha value is -6.01. The van der Waals surface area contributed by atoms with Crippen molar-refractivity contribution in [2.75, 3.05) is 0 Å². The van der Waals surface area contributed by atoms with E-state index in [1.165, 1.54) is 26.0 Å². The molecule has 0 amide bonds. The summed E-state index contributed by atoms with van der Waals surface area (Å²) in [7, 11) is 0. The highest BCUT2D eigenvalue weighted by Gasteiger charge is 2.26. The van der Waals surface area contributed by atoms with Crippen molar-refractivity contribution in [1.29, 1.82) is 0 Å². The van der Waals surface area contributed by atoms with E-state index >= 15 is 0 Å². The molecule has 2 aromatic rings. The van der Waals surface area contributed by atoms with Gasteiger partial charge in [0, 0.05) is 41.4 Å². The molecule has 0 radical (unpaired) electrons. The van der Waals surface area contributed by atoms with Gasteiger partial charge in [0.05, 0.1) is 5.57 Å². The molecule has 0 aromatic heterocycles. The van der Waals surface area contributed by atoms with Crippen LogP contribution in [0.3, 0.4) is 0 Å². The zero-order chi connectivity index (χ0) is 38.0. The molecule has 0 fully saturated rings. The first kappa shape index (κ1) is 39.4. The molecule has 3 aliphatic carbocycles. The fourth-order valence-corrected chi connectivity index (χ4v) is 5.12. The maximum absolute atomic E-state index is 12.0. The van der Waals surface area contributed by atoms with Gasteiger partial charge in [-0.25, -0.2) is 9.00 Å². The van der Waals surface area contributed by atoms with E-state index in [0.717, 1.165) is 35.4 Å². The Kier molecular flexibility index (Phi) is 13.6. The number of ketones is 7. The number of Topliss-reactive ketones (excluding diaryl/α,β-unsaturated/α-hetero) is 2. The number of benzene rings is 2. The van der Waals surface area contributed by atoms with Crippen LogP contribution < -0.4 is 8.92 Å². The number of allylic oxidation sites excluding steroid dienone is 11. The summed E-state index contributed by atoms with van der Waals surface area (Å²) < 4.78 is 22.2. The van der Waals surface area contributed by atoms with Gasteiger partial charge in [-0.05, 0) is 77.1 Å². The van der Waals surface area contributed by atoms with E-state index in [1.54, 1.807) is 62.4 Å². The number of ether oxygens (including phenoxy) is 1. The molecular weight excluding hydrogens is 676 g/mol. The number of hydrogen-bond donors (Lipinski definition) is 0. The summed E-state index contributed by atoms with van der Waals surface area (Å²) >= 11 is -1.99. The molecule has 0 N–H and O–H groups in total. The van der Waals surface area contributed by atoms with Gasteiger partial charge in [-0.1, -0.05) is 42.3 Å². The molecule has 0 saturated carbocycles. The molecule has 12 heteroatoms. The molecule has 51 heavy (non-hydrogen) atoms. The molecule has 1 unspecified atom stereocenters. The zero-order valence-corrected chi connectivity index (χ0v) is 29.5. The summed E-state index contributed by atoms with van der Waals surface area (Å²) in [5.74, 6) is -2.61. The SMILES string of the molecule is CC1=CC(=O)C(C(=O)Oc2ccc(C)cc2)=CC1=O.CC1=CC(=O)C=C(S(=O)Oc2ccc(C)cc2)C1=O.CCC(=O)C1=CC(=O)C(C)=CC1=O. The lowest BCUT2D eigenvalue weighted by atomic mass is 9.94. The predicted octanol–water partition coefficient (Wildman–Crippen LogP) is 4.93. The van der Waals surface area contributed by atoms with Crippen LogP contribution >= 0.6 is 0 Å². The number of aryl methyl sites for hydroxylation is 2. The maximum atomic E-state index is 12.0. The monoisotopic (exact) mass is 710 g/mol. The molecular formula is C39H34O11S. The second-order valence-electron chi connectivity index (χ2n) is 11.4. The van der Waals surface area contributed by atoms with Gasteiger partial charge in [-0.15, -0.1) is 0 Å². The van der Waals surface area contributed by atoms with Gasteiger partial charge >= 0.3 is 5.97 Å². The van der Waals surface area contributed by atoms with E-state index in [1.807, 2.05) is 13.8 Å². The first-order valence-corrected chi connectivity index (χ1v) is 16.5. The Bertz CT molecular complexity index is 2050. The van der Waals surface area contributed by atoms with Crippen LogP contribution in [0.5, 0.6) is 11.5 Å². The second-order valence-corrected chi connectivity index (χ2v) is 12.5. The average Bonchev–Trinajstić information content (AvgIpc) is 3.08. The smallest absolute Gasteiger partial charge is 0.347 e. The van der Waals surface area contributed by atoms with Crippen molar-refractivity contribution in [3.63, 3.8) is 0 Å². The quantitative estimate of drug-likeness (QED) is 0.165. The minimum atomic E-state index is -1.99. The Morgan fingerprint density at radius 3 is 1.55 bits per heavy atom. The van der Waals surface area contributed by atoms with Crippen molar-refractivity contribution < 1.29 is 51.5 Å². The fraction of sp³-hybridized carbons (Fsp3) is 0.179. The highest BCUT2D eigenvalue weighted by molar-refractivity contribution is 7.85. The van der Waals surface area contributed by atoms with Crippen LogP contribution in [-0.4, -0.2) is 50.7 Å². The Morgan fingerprint density at radius 1 is 0.569 bits per heavy atom. The third kappa shape index (κ3) is 11.0. The van der Waals surface area contributed by atoms with Crippen LogP contribution in [-0.2, 0) is 49.4 Å². The van der Waals surface area contributed by atoms with Crippen molar-refractivity contribution in [2.24, 2.45) is 0 Å². The largest absolute Gasteiger partial charge is 0.423 e. The van der Waals surface area contributed by atoms with E-state index in [2.05, 4.69) is 0 Å². The highest BCUT2D eigenvalue weighted by atomic mass is 32.2. The summed E-state index contributed by atoms with van der Waals surface area (Å²) in [6.45, 7) is 10.1. The third-order valence-corrected chi connectivity index (χ3v) is 8.22. The normalized spacial score (nSPS) is 16.0. The number of carbonyl (C=O) groups excluding carboxylic acids is 8. The van der Waals surface area contributed by atoms with Crippen LogP contribution in [0.4, 0.5) is 0 Å². The third-order valence-electron chi connectivity index (χ3n) is 7.21. The molecule has 2 aromatic carbocycles. The molecule has 5 rings (SSSR count). The first-order chi connectivity index (χ1) is 24.0. The van der Waals surface area contributed by atoms with E-state index in [0.29, 0.717) is 22.6 Å². The molecule has 3 aliphatic rings. The second kappa shape index (κ2) is 17.6. The van der Waals surface area contributed by atoms with Crippen molar-refractivity contribution in [3.05, 3.63) is 129 Å². The molecule has 0 aliphatic heterocycles. The van der Waals surface area contributed by atoms with Gasteiger partial charge < -0.3 is 8.92 Å². The summed E-state index contributed by atoms with van der Waals surface area (Å²) in [5.41, 5.74) is 2.81. The van der Waals surface area contributed by atoms with E-state index < -0.39 is 28.6 Å². The summed E-state index contributed by atoms with van der Waals surface area (Å²) in [5, 5.41) is 0. The van der Waals surface area contributed by atoms with Gasteiger partial charge in [0.25, 0.3) is 0 Å². The molecule has 0 spiro atoms. The molecule has 0 saturated heterocycles. The molecule has 0 bridgehead atoms. The molecule has 0 heterocycles. The first-order valence-electron chi connectivity index (χ1n) is 15.5. The predicted molar refractivity (Wildman–Crippen MR) is 188 cm³/mol. The number of carbonyl (C=O) groups is 8. The van der Waals surface area contributed by atoms with E-state index in [4.69, 9.17) is 8.92 Å². The van der Waals surface area contributed by atoms with Crippen molar-refractivity contribution in [3.8, 4) is 11.5 Å². The van der Waals surface area contributed by atoms with Crippen LogP contribution in [0.15, 0.2) is 118 Å². The lowest BCUT2D eigenvalue weighted by Crippen LogP contribution is -2.22. The number of hydrogen-bond acceptors (Lipinski definition) is 11. The number of esters is 1. The Labute approximate surface area is 296 Å². The lowest BCUT2D eigenvalue weighted by Gasteiger charge is -2.10. The van der Waals surface area contributed by atoms with Gasteiger partial charge in [0.15, 0.2) is 34.7 Å². The molecule has 1 atom stereocenters. The van der Waals surface area contributed by atoms with Gasteiger partial charge in [0.1, 0.15) is 22.0 Å². The summed E-state index contributed by atoms with van der Waals surface area (Å²) in [6.07, 6.45) is 7.03. The summed E-state index contributed by atoms with van der Waals surface area (Å²) in [6, 6.07) is 13.8. The zero-order valence-electron chi connectivity index (χ0n) is 28.7. The fourth-order valence-electron chi connectivity index (χ4n) is 4.22. The highest BCUT2D eigenvalue weighted by Crippen LogP contribution is 2.21. The molecule has 262 valence electrons.